The lowest BCUT2D eigenvalue weighted by molar-refractivity contribution is -0.167. The molecular formula is C63H116O6. The van der Waals surface area contributed by atoms with Crippen LogP contribution in [0.15, 0.2) is 36.5 Å². The van der Waals surface area contributed by atoms with Crippen molar-refractivity contribution in [3.05, 3.63) is 36.5 Å². The first kappa shape index (κ1) is 66.6. The van der Waals surface area contributed by atoms with Crippen LogP contribution in [0.4, 0.5) is 0 Å². The smallest absolute Gasteiger partial charge is 0.306 e. The molecule has 0 saturated heterocycles. The molecular weight excluding hydrogens is 853 g/mol. The van der Waals surface area contributed by atoms with E-state index in [1.54, 1.807) is 0 Å². The van der Waals surface area contributed by atoms with Crippen molar-refractivity contribution in [1.29, 1.82) is 0 Å². The van der Waals surface area contributed by atoms with Crippen LogP contribution in [0.5, 0.6) is 0 Å². The van der Waals surface area contributed by atoms with E-state index in [9.17, 15) is 14.4 Å². The second-order valence-electron chi connectivity index (χ2n) is 20.6. The van der Waals surface area contributed by atoms with Crippen LogP contribution >= 0.6 is 0 Å². The quantitative estimate of drug-likeness (QED) is 0.0261. The van der Waals surface area contributed by atoms with Crippen LogP contribution in [-0.4, -0.2) is 37.2 Å². The van der Waals surface area contributed by atoms with Crippen LogP contribution in [0.25, 0.3) is 0 Å². The van der Waals surface area contributed by atoms with Gasteiger partial charge in [0, 0.05) is 19.3 Å². The minimum absolute atomic E-state index is 0.0699. The molecule has 1 unspecified atom stereocenters. The lowest BCUT2D eigenvalue weighted by Crippen LogP contribution is -2.30. The molecule has 0 amide bonds. The van der Waals surface area contributed by atoms with Crippen molar-refractivity contribution in [3.63, 3.8) is 0 Å². The SMILES string of the molecule is CCCCCCC/C=C\C/C=C\CCCCCCCCCCCCCC(=O)OCC(COC(=O)CCCCCCCCCCC)OC(=O)CCCCCCCCCCC/C=C\CCCCCCCC. The molecule has 69 heavy (non-hydrogen) atoms. The molecule has 0 heterocycles. The summed E-state index contributed by atoms with van der Waals surface area (Å²) in [5, 5.41) is 0. The molecule has 0 aromatic carbocycles. The van der Waals surface area contributed by atoms with E-state index in [0.717, 1.165) is 64.2 Å². The van der Waals surface area contributed by atoms with E-state index < -0.39 is 6.10 Å². The first-order chi connectivity index (χ1) is 34.0. The lowest BCUT2D eigenvalue weighted by Gasteiger charge is -2.18. The Kier molecular flexibility index (Phi) is 56.2. The number of carbonyl (C=O) groups excluding carboxylic acids is 3. The highest BCUT2D eigenvalue weighted by Gasteiger charge is 2.19. The summed E-state index contributed by atoms with van der Waals surface area (Å²) in [5.41, 5.74) is 0. The van der Waals surface area contributed by atoms with Gasteiger partial charge in [-0.1, -0.05) is 269 Å². The lowest BCUT2D eigenvalue weighted by atomic mass is 10.0. The van der Waals surface area contributed by atoms with Crippen LogP contribution in [0.1, 0.15) is 329 Å². The number of hydrogen-bond donors (Lipinski definition) is 0. The Labute approximate surface area is 429 Å². The fourth-order valence-electron chi connectivity index (χ4n) is 9.00. The Bertz CT molecular complexity index is 1160. The van der Waals surface area contributed by atoms with Crippen molar-refractivity contribution in [2.45, 2.75) is 335 Å². The molecule has 0 aliphatic carbocycles. The van der Waals surface area contributed by atoms with E-state index in [0.29, 0.717) is 19.3 Å². The van der Waals surface area contributed by atoms with Crippen molar-refractivity contribution < 1.29 is 28.6 Å². The van der Waals surface area contributed by atoms with E-state index in [1.165, 1.54) is 225 Å². The van der Waals surface area contributed by atoms with Gasteiger partial charge in [-0.3, -0.25) is 14.4 Å². The van der Waals surface area contributed by atoms with Crippen molar-refractivity contribution in [1.82, 2.24) is 0 Å². The van der Waals surface area contributed by atoms with Crippen LogP contribution in [0, 0.1) is 0 Å². The summed E-state index contributed by atoms with van der Waals surface area (Å²) in [5.74, 6) is -0.859. The van der Waals surface area contributed by atoms with Crippen molar-refractivity contribution >= 4 is 17.9 Å². The maximum atomic E-state index is 12.9. The summed E-state index contributed by atoms with van der Waals surface area (Å²) in [6.45, 7) is 6.65. The highest BCUT2D eigenvalue weighted by molar-refractivity contribution is 5.71. The highest BCUT2D eigenvalue weighted by Crippen LogP contribution is 2.17. The monoisotopic (exact) mass is 969 g/mol. The van der Waals surface area contributed by atoms with Crippen LogP contribution in [0.2, 0.25) is 0 Å². The van der Waals surface area contributed by atoms with Crippen LogP contribution in [0.3, 0.4) is 0 Å². The molecule has 0 aromatic rings. The van der Waals surface area contributed by atoms with Gasteiger partial charge >= 0.3 is 17.9 Å². The second-order valence-corrected chi connectivity index (χ2v) is 20.6. The van der Waals surface area contributed by atoms with Gasteiger partial charge in [0.1, 0.15) is 13.2 Å². The first-order valence-corrected chi connectivity index (χ1v) is 30.5. The maximum Gasteiger partial charge on any atom is 0.306 e. The number of rotatable bonds is 56. The molecule has 1 atom stereocenters. The average Bonchev–Trinajstić information content (AvgIpc) is 3.35. The predicted molar refractivity (Wildman–Crippen MR) is 298 cm³/mol. The van der Waals surface area contributed by atoms with Gasteiger partial charge in [-0.2, -0.15) is 0 Å². The van der Waals surface area contributed by atoms with Crippen molar-refractivity contribution in [2.24, 2.45) is 0 Å². The minimum atomic E-state index is -0.770. The summed E-state index contributed by atoms with van der Waals surface area (Å²) in [6.07, 6.45) is 70.1. The molecule has 0 fully saturated rings. The van der Waals surface area contributed by atoms with E-state index in [2.05, 4.69) is 57.2 Å². The summed E-state index contributed by atoms with van der Waals surface area (Å²) in [6, 6.07) is 0. The van der Waals surface area contributed by atoms with Gasteiger partial charge in [-0.05, 0) is 77.0 Å². The predicted octanol–water partition coefficient (Wildman–Crippen LogP) is 20.4. The number of allylic oxidation sites excluding steroid dienone is 6. The molecule has 0 aliphatic heterocycles. The van der Waals surface area contributed by atoms with Crippen LogP contribution in [-0.2, 0) is 28.6 Å². The maximum absolute atomic E-state index is 12.9. The first-order valence-electron chi connectivity index (χ1n) is 30.5. The van der Waals surface area contributed by atoms with Crippen LogP contribution < -0.4 is 0 Å². The van der Waals surface area contributed by atoms with Gasteiger partial charge in [-0.25, -0.2) is 0 Å². The number of ether oxygens (including phenoxy) is 3. The molecule has 0 spiro atoms. The molecule has 0 aliphatic rings. The summed E-state index contributed by atoms with van der Waals surface area (Å²) >= 11 is 0. The van der Waals surface area contributed by atoms with E-state index in [1.807, 2.05) is 0 Å². The van der Waals surface area contributed by atoms with Gasteiger partial charge < -0.3 is 14.2 Å². The Morgan fingerprint density at radius 2 is 0.522 bits per heavy atom. The standard InChI is InChI=1S/C63H116O6/c1-4-7-10-13-16-19-21-23-25-27-29-30-31-32-34-35-37-39-41-44-47-50-53-56-62(65)68-59-60(58-67-61(64)55-52-49-46-43-18-15-12-9-6-3)69-63(66)57-54-51-48-45-42-40-38-36-33-28-26-24-22-20-17-14-11-8-5-2/h21,23-24,26-27,29,60H,4-20,22,25,28,30-59H2,1-3H3/b23-21-,26-24-,29-27-. The normalized spacial score (nSPS) is 12.2. The molecule has 0 N–H and O–H groups in total. The average molecular weight is 970 g/mol. The minimum Gasteiger partial charge on any atom is -0.462 e. The van der Waals surface area contributed by atoms with Gasteiger partial charge in [0.15, 0.2) is 6.10 Å². The number of carbonyl (C=O) groups is 3. The largest absolute Gasteiger partial charge is 0.462 e. The summed E-state index contributed by atoms with van der Waals surface area (Å²) < 4.78 is 16.9. The zero-order valence-corrected chi connectivity index (χ0v) is 46.3. The molecule has 0 aromatic heterocycles. The molecule has 6 nitrogen and oxygen atoms in total. The Morgan fingerprint density at radius 1 is 0.290 bits per heavy atom. The molecule has 404 valence electrons. The van der Waals surface area contributed by atoms with Crippen molar-refractivity contribution in [2.75, 3.05) is 13.2 Å². The highest BCUT2D eigenvalue weighted by atomic mass is 16.6. The van der Waals surface area contributed by atoms with Crippen molar-refractivity contribution in [3.8, 4) is 0 Å². The molecule has 0 saturated carbocycles. The molecule has 0 rings (SSSR count). The number of esters is 3. The zero-order chi connectivity index (χ0) is 50.0. The third-order valence-corrected chi connectivity index (χ3v) is 13.6. The topological polar surface area (TPSA) is 78.9 Å². The Hall–Kier alpha value is -2.37. The third kappa shape index (κ3) is 56.4. The summed E-state index contributed by atoms with van der Waals surface area (Å²) in [4.78, 5) is 38.1. The third-order valence-electron chi connectivity index (χ3n) is 13.6. The van der Waals surface area contributed by atoms with Gasteiger partial charge in [0.2, 0.25) is 0 Å². The Morgan fingerprint density at radius 3 is 0.812 bits per heavy atom. The van der Waals surface area contributed by atoms with Gasteiger partial charge in [-0.15, -0.1) is 0 Å². The van der Waals surface area contributed by atoms with E-state index in [-0.39, 0.29) is 31.1 Å². The zero-order valence-electron chi connectivity index (χ0n) is 46.3. The molecule has 0 radical (unpaired) electrons. The second kappa shape index (κ2) is 58.2. The summed E-state index contributed by atoms with van der Waals surface area (Å²) in [7, 11) is 0. The Balaban J connectivity index is 4.21. The number of hydrogen-bond acceptors (Lipinski definition) is 6. The number of unbranched alkanes of at least 4 members (excludes halogenated alkanes) is 39. The van der Waals surface area contributed by atoms with Gasteiger partial charge in [0.25, 0.3) is 0 Å². The fourth-order valence-corrected chi connectivity index (χ4v) is 9.00. The van der Waals surface area contributed by atoms with Gasteiger partial charge in [0.05, 0.1) is 0 Å². The molecule has 0 bridgehead atoms. The molecule has 6 heteroatoms. The van der Waals surface area contributed by atoms with E-state index >= 15 is 0 Å². The fraction of sp³-hybridized carbons (Fsp3) is 0.857. The van der Waals surface area contributed by atoms with E-state index in [4.69, 9.17) is 14.2 Å².